The van der Waals surface area contributed by atoms with Crippen LogP contribution >= 0.6 is 0 Å². The molecule has 0 saturated heterocycles. The molecule has 174 valence electrons. The Bertz CT molecular complexity index is 1360. The molecule has 2 aromatic rings. The minimum absolute atomic E-state index is 0.000507. The molecule has 32 heavy (non-hydrogen) atoms. The van der Waals surface area contributed by atoms with Crippen LogP contribution in [0.5, 0.6) is 0 Å². The summed E-state index contributed by atoms with van der Waals surface area (Å²) in [6.07, 6.45) is 2.70. The predicted molar refractivity (Wildman–Crippen MR) is 121 cm³/mol. The Morgan fingerprint density at radius 2 is 1.59 bits per heavy atom. The van der Waals surface area contributed by atoms with Crippen LogP contribution in [0.4, 0.5) is 5.69 Å². The van der Waals surface area contributed by atoms with Gasteiger partial charge in [0.25, 0.3) is 20.2 Å². The third-order valence-corrected chi connectivity index (χ3v) is 7.87. The lowest BCUT2D eigenvalue weighted by atomic mass is 9.94. The summed E-state index contributed by atoms with van der Waals surface area (Å²) in [6, 6.07) is 5.03. The van der Waals surface area contributed by atoms with Crippen molar-refractivity contribution < 1.29 is 35.8 Å². The van der Waals surface area contributed by atoms with Crippen molar-refractivity contribution in [1.82, 2.24) is 4.48 Å². The van der Waals surface area contributed by atoms with Crippen LogP contribution in [0, 0.1) is 0 Å². The average Bonchev–Trinajstić information content (AvgIpc) is 2.85. The van der Waals surface area contributed by atoms with Gasteiger partial charge in [0.05, 0.1) is 24.6 Å². The van der Waals surface area contributed by atoms with Gasteiger partial charge in [0.15, 0.2) is 0 Å². The fourth-order valence-corrected chi connectivity index (χ4v) is 5.46. The number of hydrogen-bond donors (Lipinski definition) is 3. The Morgan fingerprint density at radius 1 is 0.938 bits per heavy atom. The second-order valence-electron chi connectivity index (χ2n) is 8.40. The molecule has 0 amide bonds. The number of rotatable bonds is 8. The first-order valence-corrected chi connectivity index (χ1v) is 12.9. The van der Waals surface area contributed by atoms with Crippen molar-refractivity contribution in [3.05, 3.63) is 35.5 Å². The van der Waals surface area contributed by atoms with E-state index in [-0.39, 0.29) is 16.3 Å². The highest BCUT2D eigenvalue weighted by atomic mass is 32.2. The molecule has 0 unspecified atom stereocenters. The van der Waals surface area contributed by atoms with Gasteiger partial charge in [0.1, 0.15) is 16.3 Å². The lowest BCUT2D eigenvalue weighted by Crippen LogP contribution is -2.36. The van der Waals surface area contributed by atoms with Crippen molar-refractivity contribution >= 4 is 48.2 Å². The van der Waals surface area contributed by atoms with E-state index in [4.69, 9.17) is 5.11 Å². The van der Waals surface area contributed by atoms with Crippen LogP contribution in [0.3, 0.4) is 0 Å². The number of carboxylic acid groups (broad SMARTS) is 1. The summed E-state index contributed by atoms with van der Waals surface area (Å²) >= 11 is 0. The maximum absolute atomic E-state index is 12.2. The lowest BCUT2D eigenvalue weighted by molar-refractivity contribution is -0.137. The van der Waals surface area contributed by atoms with Crippen LogP contribution in [-0.2, 0) is 25.0 Å². The molecule has 1 heterocycles. The number of nitrogens with zero attached hydrogens (tertiary/aromatic N) is 1. The molecular weight excluding hydrogens is 458 g/mol. The largest absolute Gasteiger partial charge is 0.481 e. The van der Waals surface area contributed by atoms with Gasteiger partial charge >= 0.3 is 5.97 Å². The number of carbonyl (C=O) groups is 1. The van der Waals surface area contributed by atoms with E-state index < -0.39 is 36.0 Å². The van der Waals surface area contributed by atoms with E-state index in [0.717, 1.165) is 29.3 Å². The molecule has 1 aliphatic rings. The van der Waals surface area contributed by atoms with Crippen LogP contribution in [0.25, 0.3) is 16.3 Å². The van der Waals surface area contributed by atoms with E-state index in [1.807, 2.05) is 21.0 Å². The van der Waals surface area contributed by atoms with Gasteiger partial charge in [-0.15, -0.1) is 0 Å². The van der Waals surface area contributed by atoms with Gasteiger partial charge in [-0.25, -0.2) is 0 Å². The highest BCUT2D eigenvalue weighted by molar-refractivity contribution is 7.86. The van der Waals surface area contributed by atoms with E-state index >= 15 is 0 Å². The van der Waals surface area contributed by atoms with Crippen LogP contribution in [0.1, 0.15) is 44.6 Å². The Balaban J connectivity index is 2.21. The third kappa shape index (κ3) is 4.44. The van der Waals surface area contributed by atoms with E-state index in [1.54, 1.807) is 0 Å². The normalized spacial score (nSPS) is 15.9. The van der Waals surface area contributed by atoms with Gasteiger partial charge in [-0.2, -0.15) is 16.8 Å². The molecule has 3 N–H and O–H groups in total. The zero-order valence-corrected chi connectivity index (χ0v) is 19.6. The van der Waals surface area contributed by atoms with E-state index in [9.17, 15) is 30.7 Å². The molecular formula is C21H26NO8S2+. The Kier molecular flexibility index (Phi) is 6.26. The molecule has 0 aliphatic carbocycles. The number of hydrogen-bond acceptors (Lipinski definition) is 5. The second-order valence-corrected chi connectivity index (χ2v) is 11.2. The van der Waals surface area contributed by atoms with Gasteiger partial charge in [-0.1, -0.05) is 12.5 Å². The second kappa shape index (κ2) is 8.23. The Morgan fingerprint density at radius 3 is 2.16 bits per heavy atom. The molecule has 9 nitrogen and oxygen atoms in total. The van der Waals surface area contributed by atoms with Gasteiger partial charge in [-0.3, -0.25) is 18.4 Å². The Hall–Kier alpha value is -2.31. The molecule has 3 rings (SSSR count). The summed E-state index contributed by atoms with van der Waals surface area (Å²) in [6.45, 7) is 1.93. The summed E-state index contributed by atoms with van der Waals surface area (Å²) in [5.74, 6) is -0.845. The van der Waals surface area contributed by atoms with E-state index in [1.165, 1.54) is 18.2 Å². The van der Waals surface area contributed by atoms with Gasteiger partial charge in [0, 0.05) is 30.4 Å². The molecule has 0 atom stereocenters. The van der Waals surface area contributed by atoms with E-state index in [0.29, 0.717) is 30.3 Å². The fourth-order valence-electron chi connectivity index (χ4n) is 4.25. The highest BCUT2D eigenvalue weighted by Gasteiger charge is 2.39. The topological polar surface area (TPSA) is 146 Å². The maximum atomic E-state index is 12.2. The van der Waals surface area contributed by atoms with Crippen molar-refractivity contribution in [3.8, 4) is 0 Å². The van der Waals surface area contributed by atoms with Gasteiger partial charge < -0.3 is 5.11 Å². The standard InChI is InChI=1S/C21H25NO8S2/c1-13-15(7-5-4-6-8-20(23)24)21-16-10-9-14(31(25,26)27)11-17(16)19(32(28,29)30)12-18(21)22(13,2)3/h9-12H,4-8H2,1-3H3,(H2-,23,24,25,26,27,28,29,30)/p+1. The molecule has 11 heteroatoms. The minimum atomic E-state index is -4.69. The van der Waals surface area contributed by atoms with Crippen LogP contribution < -0.4 is 4.48 Å². The SMILES string of the molecule is CC1=C(CCCCCC(=O)O)c2c(cc(S(=O)(=O)O)c3cc(S(=O)(=O)O)ccc23)[N+]1(C)C. The summed E-state index contributed by atoms with van der Waals surface area (Å²) in [5, 5.41) is 9.26. The average molecular weight is 485 g/mol. The molecule has 0 aromatic heterocycles. The maximum Gasteiger partial charge on any atom is 0.303 e. The van der Waals surface area contributed by atoms with Crippen molar-refractivity contribution in [3.63, 3.8) is 0 Å². The fraction of sp³-hybridized carbons (Fsp3) is 0.381. The van der Waals surface area contributed by atoms with Crippen molar-refractivity contribution in [1.29, 1.82) is 0 Å². The van der Waals surface area contributed by atoms with Gasteiger partial charge in [0.2, 0.25) is 0 Å². The molecule has 0 bridgehead atoms. The number of benzene rings is 2. The predicted octanol–water partition coefficient (Wildman–Crippen LogP) is 3.68. The van der Waals surface area contributed by atoms with E-state index in [2.05, 4.69) is 0 Å². The number of allylic oxidation sites excluding steroid dienone is 2. The van der Waals surface area contributed by atoms with Crippen LogP contribution in [0.2, 0.25) is 0 Å². The quantitative estimate of drug-likeness (QED) is 0.292. The smallest absolute Gasteiger partial charge is 0.303 e. The summed E-state index contributed by atoms with van der Waals surface area (Å²) in [4.78, 5) is 9.83. The van der Waals surface area contributed by atoms with Crippen molar-refractivity contribution in [2.24, 2.45) is 0 Å². The van der Waals surface area contributed by atoms with Crippen LogP contribution in [-0.4, -0.2) is 51.1 Å². The first-order valence-electron chi connectivity index (χ1n) is 9.98. The van der Waals surface area contributed by atoms with Crippen molar-refractivity contribution in [2.45, 2.75) is 48.8 Å². The first-order chi connectivity index (χ1) is 14.7. The lowest BCUT2D eigenvalue weighted by Gasteiger charge is -2.26. The molecule has 2 aromatic carbocycles. The minimum Gasteiger partial charge on any atom is -0.481 e. The molecule has 0 saturated carbocycles. The summed E-state index contributed by atoms with van der Waals surface area (Å²) in [7, 11) is -5.50. The molecule has 0 radical (unpaired) electrons. The Labute approximate surface area is 187 Å². The highest BCUT2D eigenvalue weighted by Crippen LogP contribution is 2.50. The van der Waals surface area contributed by atoms with Crippen molar-refractivity contribution in [2.75, 3.05) is 14.1 Å². The zero-order valence-electron chi connectivity index (χ0n) is 18.0. The third-order valence-electron chi connectivity index (χ3n) is 6.12. The van der Waals surface area contributed by atoms with Crippen LogP contribution in [0.15, 0.2) is 39.8 Å². The number of quaternary nitrogens is 1. The number of carboxylic acids is 1. The summed E-state index contributed by atoms with van der Waals surface area (Å²) < 4.78 is 67.1. The molecule has 0 spiro atoms. The molecule has 1 aliphatic heterocycles. The number of aliphatic carboxylic acids is 1. The zero-order chi connectivity index (χ0) is 24.1. The number of fused-ring (bicyclic) bond motifs is 3. The monoisotopic (exact) mass is 484 g/mol. The van der Waals surface area contributed by atoms with Gasteiger partial charge in [-0.05, 0) is 36.8 Å². The summed E-state index contributed by atoms with van der Waals surface area (Å²) in [5.41, 5.74) is 3.33. The first kappa shape index (κ1) is 24.3. The number of unbranched alkanes of at least 4 members (excludes halogenated alkanes) is 2. The molecule has 0 fully saturated rings.